The predicted molar refractivity (Wildman–Crippen MR) is 124 cm³/mol. The maximum atomic E-state index is 13.0. The standard InChI is InChI=1S/C21H26N4O5S2/c1-12-16-19(30-6)23-15(11-29-5)24-20(16)31-17(12)18(26)22-13-8-7-9-14(10-13)32(27,28)25-21(2,3)4/h7-10,25H,11H2,1-6H3,(H,22,26). The highest BCUT2D eigenvalue weighted by atomic mass is 32.2. The third-order valence-corrected chi connectivity index (χ3v) is 7.26. The van der Waals surface area contributed by atoms with Crippen LogP contribution < -0.4 is 14.8 Å². The number of benzene rings is 1. The number of nitrogens with one attached hydrogen (secondary N) is 2. The summed E-state index contributed by atoms with van der Waals surface area (Å²) >= 11 is 1.21. The Morgan fingerprint density at radius 2 is 1.91 bits per heavy atom. The Labute approximate surface area is 191 Å². The fourth-order valence-corrected chi connectivity index (χ4v) is 5.64. The lowest BCUT2D eigenvalue weighted by molar-refractivity contribution is 0.103. The third kappa shape index (κ3) is 5.23. The second kappa shape index (κ2) is 9.10. The zero-order chi connectivity index (χ0) is 23.7. The fourth-order valence-electron chi connectivity index (χ4n) is 3.09. The van der Waals surface area contributed by atoms with Crippen LogP contribution in [-0.4, -0.2) is 44.1 Å². The number of aromatic nitrogens is 2. The summed E-state index contributed by atoms with van der Waals surface area (Å²) < 4.78 is 38.3. The molecule has 9 nitrogen and oxygen atoms in total. The largest absolute Gasteiger partial charge is 0.480 e. The summed E-state index contributed by atoms with van der Waals surface area (Å²) in [6.45, 7) is 7.29. The zero-order valence-corrected chi connectivity index (χ0v) is 20.4. The van der Waals surface area contributed by atoms with Crippen molar-refractivity contribution >= 4 is 43.2 Å². The SMILES string of the molecule is COCc1nc(OC)c2c(C)c(C(=O)Nc3cccc(S(=O)(=O)NC(C)(C)C)c3)sc2n1. The van der Waals surface area contributed by atoms with Gasteiger partial charge in [0.1, 0.15) is 11.4 Å². The van der Waals surface area contributed by atoms with E-state index in [1.807, 2.05) is 0 Å². The van der Waals surface area contributed by atoms with Gasteiger partial charge in [0.25, 0.3) is 5.91 Å². The van der Waals surface area contributed by atoms with Crippen molar-refractivity contribution in [2.75, 3.05) is 19.5 Å². The van der Waals surface area contributed by atoms with Crippen LogP contribution in [0, 0.1) is 6.92 Å². The second-order valence-corrected chi connectivity index (χ2v) is 10.8. The number of sulfonamides is 1. The molecule has 0 saturated heterocycles. The lowest BCUT2D eigenvalue weighted by Crippen LogP contribution is -2.40. The number of methoxy groups -OCH3 is 2. The summed E-state index contributed by atoms with van der Waals surface area (Å²) in [5.41, 5.74) is 0.414. The van der Waals surface area contributed by atoms with Gasteiger partial charge in [0.2, 0.25) is 15.9 Å². The van der Waals surface area contributed by atoms with Gasteiger partial charge in [-0.3, -0.25) is 4.79 Å². The van der Waals surface area contributed by atoms with Crippen molar-refractivity contribution in [1.82, 2.24) is 14.7 Å². The van der Waals surface area contributed by atoms with Crippen molar-refractivity contribution in [3.8, 4) is 5.88 Å². The van der Waals surface area contributed by atoms with E-state index in [-0.39, 0.29) is 17.4 Å². The molecule has 1 aromatic carbocycles. The minimum Gasteiger partial charge on any atom is -0.480 e. The highest BCUT2D eigenvalue weighted by Gasteiger charge is 2.24. The second-order valence-electron chi connectivity index (χ2n) is 8.16. The summed E-state index contributed by atoms with van der Waals surface area (Å²) in [5.74, 6) is 0.449. The molecule has 172 valence electrons. The number of ether oxygens (including phenoxy) is 2. The first-order chi connectivity index (χ1) is 14.9. The van der Waals surface area contributed by atoms with Gasteiger partial charge in [0, 0.05) is 18.3 Å². The van der Waals surface area contributed by atoms with E-state index in [2.05, 4.69) is 20.0 Å². The lowest BCUT2D eigenvalue weighted by atomic mass is 10.1. The molecule has 3 aromatic rings. The molecule has 3 rings (SSSR count). The molecule has 2 aromatic heterocycles. The van der Waals surface area contributed by atoms with Crippen molar-refractivity contribution in [2.45, 2.75) is 44.7 Å². The number of thiophene rings is 1. The number of carbonyl (C=O) groups excluding carboxylic acids is 1. The molecule has 0 aliphatic carbocycles. The molecule has 32 heavy (non-hydrogen) atoms. The molecule has 0 radical (unpaired) electrons. The smallest absolute Gasteiger partial charge is 0.266 e. The number of nitrogens with zero attached hydrogens (tertiary/aromatic N) is 2. The van der Waals surface area contributed by atoms with Crippen LogP contribution in [-0.2, 0) is 21.4 Å². The Bertz CT molecular complexity index is 1260. The van der Waals surface area contributed by atoms with Gasteiger partial charge in [-0.15, -0.1) is 11.3 Å². The van der Waals surface area contributed by atoms with Crippen molar-refractivity contribution in [3.05, 3.63) is 40.5 Å². The molecule has 0 spiro atoms. The molecule has 11 heteroatoms. The Balaban J connectivity index is 1.93. The summed E-state index contributed by atoms with van der Waals surface area (Å²) in [5, 5.41) is 3.44. The summed E-state index contributed by atoms with van der Waals surface area (Å²) in [7, 11) is -0.682. The normalized spacial score (nSPS) is 12.2. The molecule has 0 saturated carbocycles. The van der Waals surface area contributed by atoms with Crippen LogP contribution in [0.2, 0.25) is 0 Å². The molecular formula is C21H26N4O5S2. The molecule has 0 aliphatic heterocycles. The Morgan fingerprint density at radius 3 is 2.53 bits per heavy atom. The Hall–Kier alpha value is -2.60. The average Bonchev–Trinajstić information content (AvgIpc) is 3.03. The predicted octanol–water partition coefficient (Wildman–Crippen LogP) is 3.48. The van der Waals surface area contributed by atoms with Gasteiger partial charge in [0.05, 0.1) is 22.3 Å². The Kier molecular flexibility index (Phi) is 6.84. The van der Waals surface area contributed by atoms with Crippen LogP contribution in [0.3, 0.4) is 0 Å². The molecule has 0 aliphatic rings. The average molecular weight is 479 g/mol. The molecule has 0 unspecified atom stereocenters. The van der Waals surface area contributed by atoms with Gasteiger partial charge in [-0.25, -0.2) is 18.1 Å². The van der Waals surface area contributed by atoms with Crippen molar-refractivity contribution in [2.24, 2.45) is 0 Å². The topological polar surface area (TPSA) is 120 Å². The lowest BCUT2D eigenvalue weighted by Gasteiger charge is -2.20. The van der Waals surface area contributed by atoms with Gasteiger partial charge >= 0.3 is 0 Å². The number of hydrogen-bond donors (Lipinski definition) is 2. The Morgan fingerprint density at radius 1 is 1.19 bits per heavy atom. The van der Waals surface area contributed by atoms with E-state index in [9.17, 15) is 13.2 Å². The highest BCUT2D eigenvalue weighted by molar-refractivity contribution is 7.89. The number of amides is 1. The molecule has 1 amide bonds. The first kappa shape index (κ1) is 24.1. The number of carbonyl (C=O) groups is 1. The van der Waals surface area contributed by atoms with Crippen LogP contribution >= 0.6 is 11.3 Å². The first-order valence-electron chi connectivity index (χ1n) is 9.73. The van der Waals surface area contributed by atoms with E-state index in [4.69, 9.17) is 9.47 Å². The third-order valence-electron chi connectivity index (χ3n) is 4.32. The van der Waals surface area contributed by atoms with E-state index < -0.39 is 15.6 Å². The summed E-state index contributed by atoms with van der Waals surface area (Å²) in [6, 6.07) is 6.11. The van der Waals surface area contributed by atoms with E-state index in [1.165, 1.54) is 30.6 Å². The zero-order valence-electron chi connectivity index (χ0n) is 18.8. The minimum atomic E-state index is -3.73. The van der Waals surface area contributed by atoms with E-state index in [0.29, 0.717) is 38.0 Å². The van der Waals surface area contributed by atoms with Crippen molar-refractivity contribution in [3.63, 3.8) is 0 Å². The van der Waals surface area contributed by atoms with Gasteiger partial charge in [-0.1, -0.05) is 6.07 Å². The number of anilines is 1. The number of aryl methyl sites for hydroxylation is 1. The van der Waals surface area contributed by atoms with Crippen LogP contribution in [0.15, 0.2) is 29.2 Å². The van der Waals surface area contributed by atoms with E-state index in [0.717, 1.165) is 0 Å². The van der Waals surface area contributed by atoms with Gasteiger partial charge in [0.15, 0.2) is 5.82 Å². The van der Waals surface area contributed by atoms with Crippen molar-refractivity contribution < 1.29 is 22.7 Å². The highest BCUT2D eigenvalue weighted by Crippen LogP contribution is 2.35. The number of fused-ring (bicyclic) bond motifs is 1. The maximum Gasteiger partial charge on any atom is 0.266 e. The monoisotopic (exact) mass is 478 g/mol. The van der Waals surface area contributed by atoms with Gasteiger partial charge < -0.3 is 14.8 Å². The van der Waals surface area contributed by atoms with Crippen LogP contribution in [0.1, 0.15) is 41.8 Å². The number of hydrogen-bond acceptors (Lipinski definition) is 8. The molecule has 0 fully saturated rings. The first-order valence-corrected chi connectivity index (χ1v) is 12.0. The van der Waals surface area contributed by atoms with Crippen LogP contribution in [0.5, 0.6) is 5.88 Å². The fraction of sp³-hybridized carbons (Fsp3) is 0.381. The molecule has 0 atom stereocenters. The van der Waals surface area contributed by atoms with Crippen LogP contribution in [0.4, 0.5) is 5.69 Å². The van der Waals surface area contributed by atoms with E-state index >= 15 is 0 Å². The van der Waals surface area contributed by atoms with E-state index in [1.54, 1.807) is 46.9 Å². The number of rotatable bonds is 7. The molecule has 2 N–H and O–H groups in total. The quantitative estimate of drug-likeness (QED) is 0.533. The van der Waals surface area contributed by atoms with Crippen LogP contribution in [0.25, 0.3) is 10.2 Å². The van der Waals surface area contributed by atoms with Gasteiger partial charge in [-0.2, -0.15) is 4.98 Å². The minimum absolute atomic E-state index is 0.0648. The molecular weight excluding hydrogens is 452 g/mol. The summed E-state index contributed by atoms with van der Waals surface area (Å²) in [6.07, 6.45) is 0. The van der Waals surface area contributed by atoms with Crippen molar-refractivity contribution in [1.29, 1.82) is 0 Å². The van der Waals surface area contributed by atoms with Gasteiger partial charge in [-0.05, 0) is 51.5 Å². The molecule has 2 heterocycles. The summed E-state index contributed by atoms with van der Waals surface area (Å²) in [4.78, 5) is 22.9. The maximum absolute atomic E-state index is 13.0. The molecule has 0 bridgehead atoms.